The van der Waals surface area contributed by atoms with Gasteiger partial charge in [0, 0.05) is 12.6 Å². The minimum absolute atomic E-state index is 0.0371. The van der Waals surface area contributed by atoms with Gasteiger partial charge >= 0.3 is 0 Å². The number of methoxy groups -OCH3 is 2. The topological polar surface area (TPSA) is 105 Å². The number of amides is 2. The van der Waals surface area contributed by atoms with Gasteiger partial charge in [0.15, 0.2) is 0 Å². The number of aryl methyl sites for hydroxylation is 1. The lowest BCUT2D eigenvalue weighted by Crippen LogP contribution is -2.53. The van der Waals surface area contributed by atoms with Crippen LogP contribution < -0.4 is 19.1 Å². The number of rotatable bonds is 14. The number of ether oxygens (including phenoxy) is 2. The first kappa shape index (κ1) is 32.5. The van der Waals surface area contributed by atoms with Crippen LogP contribution in [0.4, 0.5) is 5.69 Å². The van der Waals surface area contributed by atoms with Crippen molar-refractivity contribution < 1.29 is 27.5 Å². The Balaban J connectivity index is 2.09. The maximum absolute atomic E-state index is 14.2. The first-order valence-corrected chi connectivity index (χ1v) is 15.4. The number of hydrogen-bond acceptors (Lipinski definition) is 6. The molecule has 0 saturated heterocycles. The van der Waals surface area contributed by atoms with Crippen molar-refractivity contribution in [2.45, 2.75) is 64.1 Å². The Morgan fingerprint density at radius 3 is 2.10 bits per heavy atom. The molecule has 0 heterocycles. The summed E-state index contributed by atoms with van der Waals surface area (Å²) in [6.07, 6.45) is 1.06. The standard InChI is InChI=1S/C32H41N3O6S/c1-7-24(4)33-32(37)28(8-2)34(21-25-15-17-26(40-5)18-16-25)31(36)22-35(29-11-9-10-12-30(29)41-6)42(38,39)27-19-13-23(3)14-20-27/h9-20,24,28H,7-8,21-22H2,1-6H3,(H,33,37)/t24-,28+/m0/s1. The molecular formula is C32H41N3O6S. The van der Waals surface area contributed by atoms with Crippen LogP contribution in [0.2, 0.25) is 0 Å². The van der Waals surface area contributed by atoms with Crippen molar-refractivity contribution in [2.75, 3.05) is 25.1 Å². The molecule has 0 aliphatic carbocycles. The van der Waals surface area contributed by atoms with E-state index in [1.165, 1.54) is 24.1 Å². The van der Waals surface area contributed by atoms with E-state index in [1.54, 1.807) is 55.6 Å². The third-order valence-electron chi connectivity index (χ3n) is 7.14. The second-order valence-electron chi connectivity index (χ2n) is 10.1. The van der Waals surface area contributed by atoms with Crippen molar-refractivity contribution in [1.29, 1.82) is 0 Å². The van der Waals surface area contributed by atoms with Gasteiger partial charge in [0.1, 0.15) is 24.1 Å². The molecule has 10 heteroatoms. The van der Waals surface area contributed by atoms with Gasteiger partial charge in [-0.25, -0.2) is 8.42 Å². The highest BCUT2D eigenvalue weighted by atomic mass is 32.2. The largest absolute Gasteiger partial charge is 0.497 e. The van der Waals surface area contributed by atoms with Crippen molar-refractivity contribution in [3.8, 4) is 11.5 Å². The normalized spacial score (nSPS) is 12.6. The molecule has 1 N–H and O–H groups in total. The summed E-state index contributed by atoms with van der Waals surface area (Å²) in [7, 11) is -1.19. The Morgan fingerprint density at radius 2 is 1.52 bits per heavy atom. The van der Waals surface area contributed by atoms with Gasteiger partial charge in [-0.2, -0.15) is 0 Å². The van der Waals surface area contributed by atoms with Crippen molar-refractivity contribution >= 4 is 27.5 Å². The zero-order valence-corrected chi connectivity index (χ0v) is 26.0. The maximum Gasteiger partial charge on any atom is 0.264 e. The van der Waals surface area contributed by atoms with Crippen LogP contribution in [0.15, 0.2) is 77.7 Å². The predicted molar refractivity (Wildman–Crippen MR) is 164 cm³/mol. The number of carbonyl (C=O) groups excluding carboxylic acids is 2. The van der Waals surface area contributed by atoms with E-state index < -0.39 is 28.5 Å². The van der Waals surface area contributed by atoms with Gasteiger partial charge in [0.05, 0.1) is 24.8 Å². The fraction of sp³-hybridized carbons (Fsp3) is 0.375. The molecule has 42 heavy (non-hydrogen) atoms. The summed E-state index contributed by atoms with van der Waals surface area (Å²) in [6.45, 7) is 7.12. The number of hydrogen-bond donors (Lipinski definition) is 1. The predicted octanol–water partition coefficient (Wildman–Crippen LogP) is 4.93. The molecule has 3 aromatic carbocycles. The lowest BCUT2D eigenvalue weighted by molar-refractivity contribution is -0.140. The molecule has 3 aromatic rings. The van der Waals surface area contributed by atoms with Gasteiger partial charge in [0.25, 0.3) is 10.0 Å². The molecular weight excluding hydrogens is 554 g/mol. The SMILES string of the molecule is CC[C@H](C(=O)N[C@@H](C)CC)N(Cc1ccc(OC)cc1)C(=O)CN(c1ccccc1OC)S(=O)(=O)c1ccc(C)cc1. The van der Waals surface area contributed by atoms with Crippen LogP contribution in [-0.2, 0) is 26.2 Å². The summed E-state index contributed by atoms with van der Waals surface area (Å²) in [5.74, 6) is 0.131. The van der Waals surface area contributed by atoms with Crippen LogP contribution in [0.5, 0.6) is 11.5 Å². The van der Waals surface area contributed by atoms with Gasteiger partial charge in [-0.15, -0.1) is 0 Å². The van der Waals surface area contributed by atoms with Gasteiger partial charge < -0.3 is 19.7 Å². The van der Waals surface area contributed by atoms with Crippen molar-refractivity contribution in [1.82, 2.24) is 10.2 Å². The Hall–Kier alpha value is -4.05. The third kappa shape index (κ3) is 7.82. The number of sulfonamides is 1. The molecule has 0 aliphatic heterocycles. The van der Waals surface area contributed by atoms with Gasteiger partial charge in [-0.3, -0.25) is 13.9 Å². The van der Waals surface area contributed by atoms with E-state index >= 15 is 0 Å². The summed E-state index contributed by atoms with van der Waals surface area (Å²) in [4.78, 5) is 29.1. The van der Waals surface area contributed by atoms with Gasteiger partial charge in [0.2, 0.25) is 11.8 Å². The summed E-state index contributed by atoms with van der Waals surface area (Å²) in [5, 5.41) is 2.98. The fourth-order valence-electron chi connectivity index (χ4n) is 4.47. The number of para-hydroxylation sites is 2. The van der Waals surface area contributed by atoms with E-state index in [2.05, 4.69) is 5.32 Å². The van der Waals surface area contributed by atoms with E-state index in [-0.39, 0.29) is 29.1 Å². The molecule has 0 saturated carbocycles. The van der Waals surface area contributed by atoms with Crippen molar-refractivity contribution in [3.05, 3.63) is 83.9 Å². The minimum atomic E-state index is -4.20. The summed E-state index contributed by atoms with van der Waals surface area (Å²) >= 11 is 0. The van der Waals surface area contributed by atoms with Crippen LogP contribution >= 0.6 is 0 Å². The van der Waals surface area contributed by atoms with Crippen LogP contribution in [0.3, 0.4) is 0 Å². The summed E-state index contributed by atoms with van der Waals surface area (Å²) < 4.78 is 39.9. The number of nitrogens with one attached hydrogen (secondary N) is 1. The van der Waals surface area contributed by atoms with E-state index in [0.29, 0.717) is 17.9 Å². The smallest absolute Gasteiger partial charge is 0.264 e. The average Bonchev–Trinajstić information content (AvgIpc) is 2.99. The zero-order chi connectivity index (χ0) is 30.9. The number of benzene rings is 3. The minimum Gasteiger partial charge on any atom is -0.497 e. The quantitative estimate of drug-likeness (QED) is 0.283. The molecule has 2 amide bonds. The Morgan fingerprint density at radius 1 is 0.881 bits per heavy atom. The second-order valence-corrected chi connectivity index (χ2v) is 12.0. The summed E-state index contributed by atoms with van der Waals surface area (Å²) in [5.41, 5.74) is 1.89. The molecule has 3 rings (SSSR count). The van der Waals surface area contributed by atoms with Gasteiger partial charge in [-0.1, -0.05) is 55.8 Å². The summed E-state index contributed by atoms with van der Waals surface area (Å²) in [6, 6.07) is 19.4. The van der Waals surface area contributed by atoms with Gasteiger partial charge in [-0.05, 0) is 68.7 Å². The number of nitrogens with zero attached hydrogens (tertiary/aromatic N) is 2. The van der Waals surface area contributed by atoms with Crippen LogP contribution in [-0.4, -0.2) is 58.0 Å². The first-order chi connectivity index (χ1) is 20.0. The first-order valence-electron chi connectivity index (χ1n) is 14.0. The van der Waals surface area contributed by atoms with E-state index in [4.69, 9.17) is 9.47 Å². The average molecular weight is 596 g/mol. The monoisotopic (exact) mass is 595 g/mol. The number of anilines is 1. The molecule has 0 fully saturated rings. The number of carbonyl (C=O) groups is 2. The molecule has 0 unspecified atom stereocenters. The molecule has 0 aromatic heterocycles. The lowest BCUT2D eigenvalue weighted by Gasteiger charge is -2.34. The second kappa shape index (κ2) is 14.7. The molecule has 0 aliphatic rings. The maximum atomic E-state index is 14.2. The van der Waals surface area contributed by atoms with E-state index in [1.807, 2.05) is 39.8 Å². The fourth-order valence-corrected chi connectivity index (χ4v) is 5.90. The molecule has 2 atom stereocenters. The zero-order valence-electron chi connectivity index (χ0n) is 25.2. The highest BCUT2D eigenvalue weighted by molar-refractivity contribution is 7.92. The Kier molecular flexibility index (Phi) is 11.4. The van der Waals surface area contributed by atoms with Crippen molar-refractivity contribution in [2.24, 2.45) is 0 Å². The van der Waals surface area contributed by atoms with E-state index in [0.717, 1.165) is 21.9 Å². The molecule has 9 nitrogen and oxygen atoms in total. The molecule has 226 valence electrons. The molecule has 0 radical (unpaired) electrons. The Bertz CT molecular complexity index is 1440. The lowest BCUT2D eigenvalue weighted by atomic mass is 10.1. The van der Waals surface area contributed by atoms with E-state index in [9.17, 15) is 18.0 Å². The van der Waals surface area contributed by atoms with Crippen LogP contribution in [0, 0.1) is 6.92 Å². The highest BCUT2D eigenvalue weighted by Gasteiger charge is 2.35. The molecule has 0 bridgehead atoms. The van der Waals surface area contributed by atoms with Crippen LogP contribution in [0.25, 0.3) is 0 Å². The Labute approximate surface area is 249 Å². The van der Waals surface area contributed by atoms with Crippen molar-refractivity contribution in [3.63, 3.8) is 0 Å². The van der Waals surface area contributed by atoms with Crippen LogP contribution in [0.1, 0.15) is 44.7 Å². The third-order valence-corrected chi connectivity index (χ3v) is 8.91. The highest BCUT2D eigenvalue weighted by Crippen LogP contribution is 2.32. The molecule has 0 spiro atoms.